The van der Waals surface area contributed by atoms with Crippen LogP contribution in [0.15, 0.2) is 47.4 Å². The number of carbonyl (C=O) groups excluding carboxylic acids is 1. The minimum atomic E-state index is -0.492. The number of para-hydroxylation sites is 1. The molecule has 0 aromatic heterocycles. The number of rotatable bonds is 6. The Bertz CT molecular complexity index is 945. The van der Waals surface area contributed by atoms with Crippen molar-refractivity contribution < 1.29 is 18.7 Å². The van der Waals surface area contributed by atoms with Crippen molar-refractivity contribution in [1.29, 1.82) is 0 Å². The van der Waals surface area contributed by atoms with E-state index in [0.717, 1.165) is 23.7 Å². The Kier molecular flexibility index (Phi) is 6.36. The van der Waals surface area contributed by atoms with Crippen molar-refractivity contribution in [2.45, 2.75) is 26.4 Å². The number of hydrogen-bond acceptors (Lipinski definition) is 5. The molecule has 3 rings (SSSR count). The van der Waals surface area contributed by atoms with Crippen molar-refractivity contribution in [3.63, 3.8) is 0 Å². The molecule has 1 heterocycles. The SMILES string of the molecule is CC[C@H](C)Oc1ccc(/C=C2/SC(=S)N(c3ccccc3F)C2=O)cc1OC. The highest BCUT2D eigenvalue weighted by molar-refractivity contribution is 8.27. The average Bonchev–Trinajstić information content (AvgIpc) is 2.96. The zero-order chi connectivity index (χ0) is 20.3. The number of hydrogen-bond donors (Lipinski definition) is 0. The number of nitrogens with zero attached hydrogens (tertiary/aromatic N) is 1. The first-order valence-electron chi connectivity index (χ1n) is 8.81. The lowest BCUT2D eigenvalue weighted by Crippen LogP contribution is -2.28. The van der Waals surface area contributed by atoms with Gasteiger partial charge in [-0.15, -0.1) is 0 Å². The van der Waals surface area contributed by atoms with Crippen molar-refractivity contribution in [3.8, 4) is 11.5 Å². The zero-order valence-corrected chi connectivity index (χ0v) is 17.4. The van der Waals surface area contributed by atoms with Crippen molar-refractivity contribution in [1.82, 2.24) is 0 Å². The van der Waals surface area contributed by atoms with E-state index in [4.69, 9.17) is 21.7 Å². The molecule has 0 spiro atoms. The van der Waals surface area contributed by atoms with E-state index in [-0.39, 0.29) is 17.7 Å². The van der Waals surface area contributed by atoms with Gasteiger partial charge in [0.05, 0.1) is 23.8 Å². The fourth-order valence-electron chi connectivity index (χ4n) is 2.63. The smallest absolute Gasteiger partial charge is 0.270 e. The molecule has 28 heavy (non-hydrogen) atoms. The van der Waals surface area contributed by atoms with Crippen molar-refractivity contribution in [2.24, 2.45) is 0 Å². The molecule has 4 nitrogen and oxygen atoms in total. The lowest BCUT2D eigenvalue weighted by atomic mass is 10.1. The molecular weight excluding hydrogens is 397 g/mol. The van der Waals surface area contributed by atoms with Gasteiger partial charge in [0.2, 0.25) is 0 Å². The summed E-state index contributed by atoms with van der Waals surface area (Å²) in [5.41, 5.74) is 0.922. The van der Waals surface area contributed by atoms with Crippen LogP contribution < -0.4 is 14.4 Å². The lowest BCUT2D eigenvalue weighted by molar-refractivity contribution is -0.113. The van der Waals surface area contributed by atoms with Gasteiger partial charge in [-0.1, -0.05) is 49.1 Å². The van der Waals surface area contributed by atoms with Crippen molar-refractivity contribution >= 4 is 46.0 Å². The first kappa shape index (κ1) is 20.4. The average molecular weight is 418 g/mol. The summed E-state index contributed by atoms with van der Waals surface area (Å²) < 4.78 is 25.7. The Balaban J connectivity index is 1.89. The third-order valence-electron chi connectivity index (χ3n) is 4.28. The second kappa shape index (κ2) is 8.75. The largest absolute Gasteiger partial charge is 0.493 e. The molecule has 1 fully saturated rings. The number of ether oxygens (including phenoxy) is 2. The van der Waals surface area contributed by atoms with Crippen LogP contribution in [0.3, 0.4) is 0 Å². The van der Waals surface area contributed by atoms with Gasteiger partial charge >= 0.3 is 0 Å². The topological polar surface area (TPSA) is 38.8 Å². The highest BCUT2D eigenvalue weighted by atomic mass is 32.2. The lowest BCUT2D eigenvalue weighted by Gasteiger charge is -2.16. The highest BCUT2D eigenvalue weighted by Crippen LogP contribution is 2.38. The Hall–Kier alpha value is -2.38. The summed E-state index contributed by atoms with van der Waals surface area (Å²) in [6, 6.07) is 11.5. The summed E-state index contributed by atoms with van der Waals surface area (Å²) in [7, 11) is 1.57. The van der Waals surface area contributed by atoms with Crippen LogP contribution in [-0.2, 0) is 4.79 Å². The van der Waals surface area contributed by atoms with E-state index in [9.17, 15) is 9.18 Å². The number of thiocarbonyl (C=S) groups is 1. The molecule has 7 heteroatoms. The first-order valence-corrected chi connectivity index (χ1v) is 10.0. The molecule has 1 amide bonds. The molecule has 1 aliphatic heterocycles. The minimum absolute atomic E-state index is 0.0665. The number of thioether (sulfide) groups is 1. The molecule has 1 atom stereocenters. The van der Waals surface area contributed by atoms with Crippen LogP contribution in [0.25, 0.3) is 6.08 Å². The van der Waals surface area contributed by atoms with E-state index in [0.29, 0.717) is 20.7 Å². The van der Waals surface area contributed by atoms with Crippen LogP contribution in [0.4, 0.5) is 10.1 Å². The third-order valence-corrected chi connectivity index (χ3v) is 5.58. The van der Waals surface area contributed by atoms with Gasteiger partial charge < -0.3 is 9.47 Å². The maximum Gasteiger partial charge on any atom is 0.270 e. The Morgan fingerprint density at radius 1 is 1.25 bits per heavy atom. The number of carbonyl (C=O) groups is 1. The summed E-state index contributed by atoms with van der Waals surface area (Å²) in [6.07, 6.45) is 2.66. The van der Waals surface area contributed by atoms with Gasteiger partial charge in [0, 0.05) is 0 Å². The van der Waals surface area contributed by atoms with Crippen LogP contribution in [0, 0.1) is 5.82 Å². The zero-order valence-electron chi connectivity index (χ0n) is 15.8. The third kappa shape index (κ3) is 4.20. The van der Waals surface area contributed by atoms with Gasteiger partial charge in [0.15, 0.2) is 15.8 Å². The van der Waals surface area contributed by atoms with E-state index < -0.39 is 5.82 Å². The Labute approximate surface area is 173 Å². The monoisotopic (exact) mass is 417 g/mol. The summed E-state index contributed by atoms with van der Waals surface area (Å²) in [5.74, 6) is 0.388. The van der Waals surface area contributed by atoms with E-state index in [2.05, 4.69) is 0 Å². The quantitative estimate of drug-likeness (QED) is 0.464. The summed E-state index contributed by atoms with van der Waals surface area (Å²) >= 11 is 6.44. The van der Waals surface area contributed by atoms with E-state index in [1.807, 2.05) is 26.0 Å². The molecule has 1 aliphatic rings. The predicted molar refractivity (Wildman–Crippen MR) is 115 cm³/mol. The van der Waals surface area contributed by atoms with Crippen molar-refractivity contribution in [3.05, 3.63) is 58.8 Å². The Morgan fingerprint density at radius 3 is 2.68 bits per heavy atom. The molecule has 0 bridgehead atoms. The van der Waals surface area contributed by atoms with Gasteiger partial charge in [0.1, 0.15) is 5.82 Å². The number of anilines is 1. The van der Waals surface area contributed by atoms with Gasteiger partial charge in [-0.3, -0.25) is 9.69 Å². The summed E-state index contributed by atoms with van der Waals surface area (Å²) in [5, 5.41) is 0. The maximum absolute atomic E-state index is 14.1. The normalized spacial score (nSPS) is 16.6. The van der Waals surface area contributed by atoms with Gasteiger partial charge in [-0.05, 0) is 49.2 Å². The van der Waals surface area contributed by atoms with Gasteiger partial charge in [-0.25, -0.2) is 4.39 Å². The van der Waals surface area contributed by atoms with Gasteiger partial charge in [0.25, 0.3) is 5.91 Å². The molecule has 0 unspecified atom stereocenters. The molecular formula is C21H20FNO3S2. The number of methoxy groups -OCH3 is 1. The minimum Gasteiger partial charge on any atom is -0.493 e. The molecule has 2 aromatic carbocycles. The van der Waals surface area contributed by atoms with Crippen LogP contribution >= 0.6 is 24.0 Å². The van der Waals surface area contributed by atoms with Crippen LogP contribution in [-0.4, -0.2) is 23.4 Å². The fraction of sp³-hybridized carbons (Fsp3) is 0.238. The highest BCUT2D eigenvalue weighted by Gasteiger charge is 2.34. The number of benzene rings is 2. The predicted octanol–water partition coefficient (Wildman–Crippen LogP) is 5.42. The van der Waals surface area contributed by atoms with Crippen LogP contribution in [0.5, 0.6) is 11.5 Å². The number of halogens is 1. The molecule has 2 aromatic rings. The van der Waals surface area contributed by atoms with Crippen LogP contribution in [0.1, 0.15) is 25.8 Å². The number of amides is 1. The molecule has 0 radical (unpaired) electrons. The maximum atomic E-state index is 14.1. The van der Waals surface area contributed by atoms with E-state index >= 15 is 0 Å². The molecule has 0 aliphatic carbocycles. The van der Waals surface area contributed by atoms with Crippen LogP contribution in [0.2, 0.25) is 0 Å². The summed E-state index contributed by atoms with van der Waals surface area (Å²) in [6.45, 7) is 4.03. The van der Waals surface area contributed by atoms with E-state index in [1.54, 1.807) is 31.4 Å². The Morgan fingerprint density at radius 2 is 2.00 bits per heavy atom. The van der Waals surface area contributed by atoms with E-state index in [1.165, 1.54) is 17.0 Å². The first-order chi connectivity index (χ1) is 13.4. The standard InChI is InChI=1S/C21H20FNO3S2/c1-4-13(2)26-17-10-9-14(11-18(17)25-3)12-19-20(24)23(21(27)28-19)16-8-6-5-7-15(16)22/h5-13H,4H2,1-3H3/b19-12+/t13-/m0/s1. The summed E-state index contributed by atoms with van der Waals surface area (Å²) in [4.78, 5) is 14.4. The molecule has 1 saturated heterocycles. The second-order valence-corrected chi connectivity index (χ2v) is 7.89. The molecule has 146 valence electrons. The molecule has 0 N–H and O–H groups in total. The second-order valence-electron chi connectivity index (χ2n) is 6.22. The molecule has 0 saturated carbocycles. The van der Waals surface area contributed by atoms with Crippen molar-refractivity contribution in [2.75, 3.05) is 12.0 Å². The fourth-order valence-corrected chi connectivity index (χ4v) is 3.92. The van der Waals surface area contributed by atoms with Gasteiger partial charge in [-0.2, -0.15) is 0 Å².